The molecule has 8 heteroatoms. The molecular weight excluding hydrogens is 380 g/mol. The maximum atomic E-state index is 12.4. The molecule has 1 aromatic carbocycles. The summed E-state index contributed by atoms with van der Waals surface area (Å²) >= 11 is 3.00. The average molecular weight is 394 g/mol. The number of hydrogen-bond acceptors (Lipinski definition) is 7. The van der Waals surface area contributed by atoms with E-state index in [0.717, 1.165) is 16.3 Å². The molecule has 6 nitrogen and oxygen atoms in total. The van der Waals surface area contributed by atoms with Crippen LogP contribution in [-0.2, 0) is 6.54 Å². The van der Waals surface area contributed by atoms with Gasteiger partial charge in [-0.05, 0) is 35.7 Å². The second-order valence-corrected chi connectivity index (χ2v) is 7.24. The summed E-state index contributed by atoms with van der Waals surface area (Å²) in [6, 6.07) is 10.9. The molecule has 0 atom stereocenters. The molecule has 1 amide bonds. The first-order valence-electron chi connectivity index (χ1n) is 8.09. The molecule has 134 valence electrons. The van der Waals surface area contributed by atoms with Crippen molar-refractivity contribution < 1.29 is 9.53 Å². The zero-order chi connectivity index (χ0) is 18.5. The van der Waals surface area contributed by atoms with E-state index in [1.807, 2.05) is 22.9 Å². The Hall–Kier alpha value is -3.10. The number of nitrogens with one attached hydrogen (secondary N) is 1. The highest BCUT2D eigenvalue weighted by atomic mass is 32.1. The highest BCUT2D eigenvalue weighted by molar-refractivity contribution is 7.13. The van der Waals surface area contributed by atoms with Gasteiger partial charge in [0.25, 0.3) is 11.1 Å². The normalized spacial score (nSPS) is 10.5. The largest absolute Gasteiger partial charge is 0.431 e. The number of carbonyl (C=O) groups is 1. The Bertz CT molecular complexity index is 1020. The summed E-state index contributed by atoms with van der Waals surface area (Å²) in [5, 5.41) is 7.29. The van der Waals surface area contributed by atoms with E-state index in [4.69, 9.17) is 4.74 Å². The molecule has 0 saturated carbocycles. The fraction of sp³-hybridized carbons (Fsp3) is 0.0526. The quantitative estimate of drug-likeness (QED) is 0.525. The van der Waals surface area contributed by atoms with E-state index in [-0.39, 0.29) is 5.91 Å². The molecule has 27 heavy (non-hydrogen) atoms. The fourth-order valence-electron chi connectivity index (χ4n) is 2.42. The summed E-state index contributed by atoms with van der Waals surface area (Å²) in [6.07, 6.45) is 4.96. The van der Waals surface area contributed by atoms with Crippen LogP contribution in [-0.4, -0.2) is 20.9 Å². The molecular formula is C19H14N4O2S2. The van der Waals surface area contributed by atoms with Crippen molar-refractivity contribution in [1.29, 1.82) is 0 Å². The molecule has 1 N–H and O–H groups in total. The number of hydrogen-bond donors (Lipinski definition) is 1. The van der Waals surface area contributed by atoms with Crippen LogP contribution in [0.15, 0.2) is 65.7 Å². The van der Waals surface area contributed by atoms with Crippen LogP contribution in [0.25, 0.3) is 10.6 Å². The Kier molecular flexibility index (Phi) is 5.17. The summed E-state index contributed by atoms with van der Waals surface area (Å²) in [4.78, 5) is 26.3. The third-order valence-corrected chi connectivity index (χ3v) is 5.20. The number of rotatable bonds is 6. The lowest BCUT2D eigenvalue weighted by Gasteiger charge is -2.08. The van der Waals surface area contributed by atoms with Gasteiger partial charge in [-0.15, -0.1) is 11.3 Å². The van der Waals surface area contributed by atoms with Crippen molar-refractivity contribution in [1.82, 2.24) is 20.3 Å². The minimum Gasteiger partial charge on any atom is -0.431 e. The molecule has 4 aromatic rings. The number of ether oxygens (including phenoxy) is 1. The third-order valence-electron chi connectivity index (χ3n) is 3.68. The lowest BCUT2D eigenvalue weighted by molar-refractivity contribution is 0.0950. The number of aromatic nitrogens is 3. The monoisotopic (exact) mass is 394 g/mol. The van der Waals surface area contributed by atoms with E-state index in [9.17, 15) is 4.79 Å². The van der Waals surface area contributed by atoms with Gasteiger partial charge in [-0.25, -0.2) is 4.98 Å². The van der Waals surface area contributed by atoms with Gasteiger partial charge < -0.3 is 10.1 Å². The molecule has 0 aliphatic carbocycles. The highest BCUT2D eigenvalue weighted by Gasteiger charge is 2.11. The first kappa shape index (κ1) is 17.3. The van der Waals surface area contributed by atoms with Gasteiger partial charge in [-0.1, -0.05) is 17.4 Å². The van der Waals surface area contributed by atoms with Crippen LogP contribution in [0.1, 0.15) is 16.1 Å². The summed E-state index contributed by atoms with van der Waals surface area (Å²) < 4.78 is 5.60. The molecule has 0 fully saturated rings. The summed E-state index contributed by atoms with van der Waals surface area (Å²) in [7, 11) is 0. The van der Waals surface area contributed by atoms with Crippen LogP contribution in [0.4, 0.5) is 0 Å². The lowest BCUT2D eigenvalue weighted by atomic mass is 10.2. The second-order valence-electron chi connectivity index (χ2n) is 5.44. The summed E-state index contributed by atoms with van der Waals surface area (Å²) in [6.45, 7) is 0.303. The Balaban J connectivity index is 1.41. The Morgan fingerprint density at radius 1 is 0.963 bits per heavy atom. The third kappa shape index (κ3) is 4.18. The second kappa shape index (κ2) is 8.07. The van der Waals surface area contributed by atoms with Crippen LogP contribution >= 0.6 is 22.7 Å². The van der Waals surface area contributed by atoms with E-state index < -0.39 is 0 Å². The van der Waals surface area contributed by atoms with Crippen LogP contribution in [0, 0.1) is 0 Å². The fourth-order valence-corrected chi connectivity index (χ4v) is 3.66. The molecule has 3 aromatic heterocycles. The Morgan fingerprint density at radius 2 is 1.81 bits per heavy atom. The lowest BCUT2D eigenvalue weighted by Crippen LogP contribution is -2.23. The Labute approximate surface area is 163 Å². The van der Waals surface area contributed by atoms with E-state index in [1.54, 1.807) is 54.2 Å². The van der Waals surface area contributed by atoms with Crippen molar-refractivity contribution in [2.24, 2.45) is 0 Å². The number of amides is 1. The molecule has 0 saturated heterocycles. The van der Waals surface area contributed by atoms with E-state index in [0.29, 0.717) is 23.1 Å². The van der Waals surface area contributed by atoms with Crippen molar-refractivity contribution >= 4 is 28.6 Å². The van der Waals surface area contributed by atoms with Crippen molar-refractivity contribution in [2.45, 2.75) is 6.54 Å². The molecule has 0 aliphatic rings. The Morgan fingerprint density at radius 3 is 2.56 bits per heavy atom. The number of carbonyl (C=O) groups excluding carboxylic acids is 1. The molecule has 3 heterocycles. The number of nitrogens with zero attached hydrogens (tertiary/aromatic N) is 3. The van der Waals surface area contributed by atoms with Crippen molar-refractivity contribution in [3.63, 3.8) is 0 Å². The average Bonchev–Trinajstić information content (AvgIpc) is 3.41. The number of thiophene rings is 1. The van der Waals surface area contributed by atoms with E-state index in [1.165, 1.54) is 11.3 Å². The van der Waals surface area contributed by atoms with Crippen LogP contribution < -0.4 is 10.1 Å². The minimum atomic E-state index is -0.182. The molecule has 0 radical (unpaired) electrons. The first-order valence-corrected chi connectivity index (χ1v) is 9.85. The van der Waals surface area contributed by atoms with Crippen molar-refractivity contribution in [2.75, 3.05) is 0 Å². The van der Waals surface area contributed by atoms with Gasteiger partial charge in [-0.3, -0.25) is 14.8 Å². The van der Waals surface area contributed by atoms with Crippen LogP contribution in [0.2, 0.25) is 0 Å². The zero-order valence-corrected chi connectivity index (χ0v) is 15.7. The highest BCUT2D eigenvalue weighted by Crippen LogP contribution is 2.25. The first-order chi connectivity index (χ1) is 13.3. The van der Waals surface area contributed by atoms with Gasteiger partial charge in [0.05, 0.1) is 17.1 Å². The van der Waals surface area contributed by atoms with Gasteiger partial charge in [-0.2, -0.15) is 0 Å². The van der Waals surface area contributed by atoms with Gasteiger partial charge in [0.15, 0.2) is 0 Å². The van der Waals surface area contributed by atoms with E-state index >= 15 is 0 Å². The van der Waals surface area contributed by atoms with Crippen molar-refractivity contribution in [3.05, 3.63) is 77.0 Å². The minimum absolute atomic E-state index is 0.182. The molecule has 0 unspecified atom stereocenters. The topological polar surface area (TPSA) is 77.0 Å². The van der Waals surface area contributed by atoms with Gasteiger partial charge in [0.1, 0.15) is 11.4 Å². The summed E-state index contributed by atoms with van der Waals surface area (Å²) in [5.41, 5.74) is 2.07. The molecule has 0 bridgehead atoms. The van der Waals surface area contributed by atoms with Crippen LogP contribution in [0.3, 0.4) is 0 Å². The van der Waals surface area contributed by atoms with Crippen molar-refractivity contribution in [3.8, 4) is 21.5 Å². The predicted octanol–water partition coefficient (Wildman–Crippen LogP) is 4.38. The van der Waals surface area contributed by atoms with Gasteiger partial charge in [0.2, 0.25) is 0 Å². The van der Waals surface area contributed by atoms with Crippen LogP contribution in [0.5, 0.6) is 10.9 Å². The number of benzene rings is 1. The van der Waals surface area contributed by atoms with Gasteiger partial charge in [0, 0.05) is 29.5 Å². The van der Waals surface area contributed by atoms with Gasteiger partial charge >= 0.3 is 0 Å². The zero-order valence-electron chi connectivity index (χ0n) is 14.0. The van der Waals surface area contributed by atoms with E-state index in [2.05, 4.69) is 20.3 Å². The maximum absolute atomic E-state index is 12.4. The predicted molar refractivity (Wildman–Crippen MR) is 105 cm³/mol. The molecule has 0 aliphatic heterocycles. The molecule has 0 spiro atoms. The smallest absolute Gasteiger partial charge is 0.278 e. The standard InChI is InChI=1S/C19H14N4O2S2/c24-18(13-3-5-14(6-4-13)25-19-22-9-11-27-19)23-12-15-17(21-8-7-20-15)16-2-1-10-26-16/h1-11H,12H2,(H,23,24). The maximum Gasteiger partial charge on any atom is 0.278 e. The molecule has 4 rings (SSSR count). The SMILES string of the molecule is O=C(NCc1nccnc1-c1cccs1)c1ccc(Oc2nccs2)cc1. The number of thiazole rings is 1. The summed E-state index contributed by atoms with van der Waals surface area (Å²) in [5.74, 6) is 0.453.